The maximum atomic E-state index is 13.3. The number of nitrogens with one attached hydrogen (secondary N) is 1. The van der Waals surface area contributed by atoms with Crippen LogP contribution in [0.3, 0.4) is 0 Å². The summed E-state index contributed by atoms with van der Waals surface area (Å²) in [4.78, 5) is 12.8. The Balaban J connectivity index is 2.31. The summed E-state index contributed by atoms with van der Waals surface area (Å²) < 4.78 is 50.7. The first kappa shape index (κ1) is 28.9. The van der Waals surface area contributed by atoms with Crippen LogP contribution in [-0.4, -0.2) is 63.1 Å². The van der Waals surface area contributed by atoms with Gasteiger partial charge < -0.3 is 10.4 Å². The van der Waals surface area contributed by atoms with Crippen LogP contribution in [0.4, 0.5) is 0 Å². The second-order valence-electron chi connectivity index (χ2n) is 9.13. The number of carbonyl (C=O) groups excluding carboxylic acids is 1. The van der Waals surface area contributed by atoms with Crippen LogP contribution in [0.5, 0.6) is 0 Å². The number of nitrogens with zero attached hydrogens (tertiary/aromatic N) is 1. The van der Waals surface area contributed by atoms with Gasteiger partial charge in [-0.05, 0) is 30.0 Å². The maximum absolute atomic E-state index is 13.3. The zero-order valence-electron chi connectivity index (χ0n) is 20.2. The van der Waals surface area contributed by atoms with Crippen molar-refractivity contribution in [3.05, 3.63) is 66.2 Å². The fourth-order valence-electron chi connectivity index (χ4n) is 3.66. The summed E-state index contributed by atoms with van der Waals surface area (Å²) in [7, 11) is -7.78. The Morgan fingerprint density at radius 2 is 1.49 bits per heavy atom. The molecule has 0 unspecified atom stereocenters. The lowest BCUT2D eigenvalue weighted by molar-refractivity contribution is -0.125. The maximum Gasteiger partial charge on any atom is 0.243 e. The molecule has 3 atom stereocenters. The number of sulfonamides is 2. The third kappa shape index (κ3) is 9.34. The minimum absolute atomic E-state index is 0.0161. The first-order valence-corrected chi connectivity index (χ1v) is 14.5. The van der Waals surface area contributed by atoms with Gasteiger partial charge in [-0.2, -0.15) is 4.31 Å². The first-order valence-electron chi connectivity index (χ1n) is 11.4. The van der Waals surface area contributed by atoms with Crippen molar-refractivity contribution in [2.24, 2.45) is 17.0 Å². The van der Waals surface area contributed by atoms with Gasteiger partial charge in [0.1, 0.15) is 0 Å². The van der Waals surface area contributed by atoms with Gasteiger partial charge in [-0.25, -0.2) is 22.0 Å². The molecule has 1 amide bonds. The van der Waals surface area contributed by atoms with Crippen molar-refractivity contribution >= 4 is 26.0 Å². The molecule has 2 aromatic rings. The van der Waals surface area contributed by atoms with Gasteiger partial charge in [0.25, 0.3) is 0 Å². The molecule has 9 nitrogen and oxygen atoms in total. The molecule has 2 aromatic carbocycles. The molecule has 35 heavy (non-hydrogen) atoms. The highest BCUT2D eigenvalue weighted by molar-refractivity contribution is 7.89. The van der Waals surface area contributed by atoms with Crippen LogP contribution in [0, 0.1) is 11.8 Å². The number of rotatable bonds is 13. The largest absolute Gasteiger partial charge is 0.390 e. The molecule has 0 aliphatic carbocycles. The normalized spacial score (nSPS) is 15.1. The molecule has 4 N–H and O–H groups in total. The van der Waals surface area contributed by atoms with E-state index in [9.17, 15) is 26.7 Å². The second kappa shape index (κ2) is 12.6. The van der Waals surface area contributed by atoms with Crippen LogP contribution in [0.2, 0.25) is 0 Å². The lowest BCUT2D eigenvalue weighted by atomic mass is 10.00. The van der Waals surface area contributed by atoms with Crippen LogP contribution in [-0.2, 0) is 31.3 Å². The fourth-order valence-corrected chi connectivity index (χ4v) is 6.15. The molecule has 0 aromatic heterocycles. The van der Waals surface area contributed by atoms with E-state index in [-0.39, 0.29) is 30.3 Å². The monoisotopic (exact) mass is 525 g/mol. The Morgan fingerprint density at radius 1 is 0.943 bits per heavy atom. The van der Waals surface area contributed by atoms with E-state index in [1.807, 2.05) is 44.2 Å². The number of primary sulfonamides is 1. The molecule has 0 heterocycles. The predicted octanol–water partition coefficient (Wildman–Crippen LogP) is 1.35. The highest BCUT2D eigenvalue weighted by Crippen LogP contribution is 2.19. The summed E-state index contributed by atoms with van der Waals surface area (Å²) in [5, 5.41) is 18.9. The van der Waals surface area contributed by atoms with Crippen molar-refractivity contribution in [1.82, 2.24) is 9.62 Å². The highest BCUT2D eigenvalue weighted by Gasteiger charge is 2.32. The van der Waals surface area contributed by atoms with Gasteiger partial charge in [-0.15, -0.1) is 0 Å². The molecule has 2 rings (SSSR count). The van der Waals surface area contributed by atoms with Crippen molar-refractivity contribution < 1.29 is 26.7 Å². The Kier molecular flexibility index (Phi) is 10.4. The van der Waals surface area contributed by atoms with Crippen LogP contribution in [0.15, 0.2) is 65.6 Å². The zero-order chi connectivity index (χ0) is 26.2. The van der Waals surface area contributed by atoms with Crippen molar-refractivity contribution in [3.8, 4) is 0 Å². The third-order valence-electron chi connectivity index (χ3n) is 5.36. The van der Waals surface area contributed by atoms with Gasteiger partial charge in [-0.1, -0.05) is 69.3 Å². The Morgan fingerprint density at radius 3 is 2.00 bits per heavy atom. The number of amides is 1. The SMILES string of the molecule is CC(C)CN(C[C@@H](O)[C@H](Cc1ccccc1)NC(=O)[C@@H](C)CS(N)(=O)=O)S(=O)(=O)c1ccccc1. The zero-order valence-corrected chi connectivity index (χ0v) is 21.9. The van der Waals surface area contributed by atoms with E-state index in [0.29, 0.717) is 0 Å². The molecule has 0 aliphatic heterocycles. The number of aliphatic hydroxyl groups excluding tert-OH is 1. The Labute approximate surface area is 208 Å². The highest BCUT2D eigenvalue weighted by atomic mass is 32.2. The van der Waals surface area contributed by atoms with Crippen LogP contribution >= 0.6 is 0 Å². The summed E-state index contributed by atoms with van der Waals surface area (Å²) >= 11 is 0. The Hall–Kier alpha value is -2.31. The third-order valence-corrected chi connectivity index (χ3v) is 8.17. The van der Waals surface area contributed by atoms with E-state index in [4.69, 9.17) is 5.14 Å². The summed E-state index contributed by atoms with van der Waals surface area (Å²) in [5.41, 5.74) is 0.817. The molecular formula is C24H35N3O6S2. The van der Waals surface area contributed by atoms with Crippen LogP contribution in [0.1, 0.15) is 26.3 Å². The van der Waals surface area contributed by atoms with Crippen LogP contribution in [0.25, 0.3) is 0 Å². The van der Waals surface area contributed by atoms with E-state index in [2.05, 4.69) is 5.32 Å². The molecule has 0 fully saturated rings. The lowest BCUT2D eigenvalue weighted by Crippen LogP contribution is -2.52. The quantitative estimate of drug-likeness (QED) is 0.360. The molecule has 0 spiro atoms. The molecule has 0 saturated carbocycles. The number of benzene rings is 2. The number of aliphatic hydroxyl groups is 1. The number of hydrogen-bond acceptors (Lipinski definition) is 6. The van der Waals surface area contributed by atoms with Crippen molar-refractivity contribution in [3.63, 3.8) is 0 Å². The average Bonchev–Trinajstić information content (AvgIpc) is 2.78. The van der Waals surface area contributed by atoms with E-state index in [0.717, 1.165) is 5.56 Å². The van der Waals surface area contributed by atoms with E-state index in [1.54, 1.807) is 18.2 Å². The second-order valence-corrected chi connectivity index (χ2v) is 12.7. The fraction of sp³-hybridized carbons (Fsp3) is 0.458. The van der Waals surface area contributed by atoms with Gasteiger partial charge >= 0.3 is 0 Å². The number of carbonyl (C=O) groups is 1. The van der Waals surface area contributed by atoms with Crippen molar-refractivity contribution in [2.75, 3.05) is 18.8 Å². The molecule has 0 bridgehead atoms. The summed E-state index contributed by atoms with van der Waals surface area (Å²) in [5.74, 6) is -2.11. The van der Waals surface area contributed by atoms with Gasteiger partial charge in [-0.3, -0.25) is 4.79 Å². The minimum Gasteiger partial charge on any atom is -0.390 e. The predicted molar refractivity (Wildman–Crippen MR) is 135 cm³/mol. The van der Waals surface area contributed by atoms with Crippen molar-refractivity contribution in [2.45, 2.75) is 44.2 Å². The molecule has 194 valence electrons. The lowest BCUT2D eigenvalue weighted by Gasteiger charge is -2.31. The topological polar surface area (TPSA) is 147 Å². The van der Waals surface area contributed by atoms with Gasteiger partial charge in [0.05, 0.1) is 28.7 Å². The number of hydrogen-bond donors (Lipinski definition) is 3. The molecular weight excluding hydrogens is 490 g/mol. The van der Waals surface area contributed by atoms with Gasteiger partial charge in [0, 0.05) is 13.1 Å². The first-order chi connectivity index (χ1) is 16.3. The van der Waals surface area contributed by atoms with Gasteiger partial charge in [0.2, 0.25) is 26.0 Å². The standard InChI is InChI=1S/C24H35N3O6S2/c1-18(2)15-27(35(32,33)21-12-8-5-9-13-21)16-23(28)22(14-20-10-6-4-7-11-20)26-24(29)19(3)17-34(25,30)31/h4-13,18-19,22-23,28H,14-17H2,1-3H3,(H,26,29)(H2,25,30,31)/t19-,22-,23+/m0/s1. The Bertz CT molecular complexity index is 1160. The summed E-state index contributed by atoms with van der Waals surface area (Å²) in [6, 6.07) is 16.2. The number of nitrogens with two attached hydrogens (primary N) is 1. The minimum atomic E-state index is -3.90. The summed E-state index contributed by atoms with van der Waals surface area (Å²) in [6.07, 6.45) is -1.05. The van der Waals surface area contributed by atoms with E-state index in [1.165, 1.54) is 23.4 Å². The molecule has 0 radical (unpaired) electrons. The van der Waals surface area contributed by atoms with E-state index < -0.39 is 49.8 Å². The van der Waals surface area contributed by atoms with Crippen molar-refractivity contribution in [1.29, 1.82) is 0 Å². The van der Waals surface area contributed by atoms with Crippen LogP contribution < -0.4 is 10.5 Å². The van der Waals surface area contributed by atoms with Gasteiger partial charge in [0.15, 0.2) is 0 Å². The molecule has 11 heteroatoms. The smallest absolute Gasteiger partial charge is 0.243 e. The average molecular weight is 526 g/mol. The summed E-state index contributed by atoms with van der Waals surface area (Å²) in [6.45, 7) is 5.09. The molecule has 0 aliphatic rings. The van der Waals surface area contributed by atoms with E-state index >= 15 is 0 Å². The molecule has 0 saturated heterocycles.